The van der Waals surface area contributed by atoms with Gasteiger partial charge >= 0.3 is 0 Å². The molecule has 0 aliphatic heterocycles. The molecule has 17 heavy (non-hydrogen) atoms. The number of aryl methyl sites for hydroxylation is 1. The van der Waals surface area contributed by atoms with E-state index in [9.17, 15) is 0 Å². The SMILES string of the molecule is Cc1cc(C(COc2ccccc2)NN)cs1. The minimum Gasteiger partial charge on any atom is -0.492 e. The van der Waals surface area contributed by atoms with Crippen LogP contribution in [-0.4, -0.2) is 6.61 Å². The van der Waals surface area contributed by atoms with Gasteiger partial charge in [-0.1, -0.05) is 18.2 Å². The maximum absolute atomic E-state index is 5.68. The summed E-state index contributed by atoms with van der Waals surface area (Å²) in [5, 5.41) is 2.11. The van der Waals surface area contributed by atoms with Gasteiger partial charge in [0, 0.05) is 4.88 Å². The third kappa shape index (κ3) is 3.30. The van der Waals surface area contributed by atoms with Gasteiger partial charge in [-0.05, 0) is 36.1 Å². The molecule has 1 heterocycles. The summed E-state index contributed by atoms with van der Waals surface area (Å²) in [5.41, 5.74) is 3.96. The zero-order valence-electron chi connectivity index (χ0n) is 9.72. The second-order valence-corrected chi connectivity index (χ2v) is 4.95. The Bertz CT molecular complexity index is 455. The van der Waals surface area contributed by atoms with Crippen molar-refractivity contribution in [3.05, 3.63) is 52.2 Å². The first-order chi connectivity index (χ1) is 8.29. The highest BCUT2D eigenvalue weighted by atomic mass is 32.1. The number of hydrazine groups is 1. The van der Waals surface area contributed by atoms with Gasteiger partial charge in [-0.25, -0.2) is 5.43 Å². The van der Waals surface area contributed by atoms with E-state index in [4.69, 9.17) is 10.6 Å². The van der Waals surface area contributed by atoms with Crippen LogP contribution in [0.2, 0.25) is 0 Å². The van der Waals surface area contributed by atoms with Gasteiger partial charge in [-0.3, -0.25) is 5.84 Å². The van der Waals surface area contributed by atoms with Crippen molar-refractivity contribution in [2.45, 2.75) is 13.0 Å². The van der Waals surface area contributed by atoms with Crippen LogP contribution in [-0.2, 0) is 0 Å². The van der Waals surface area contributed by atoms with Crippen molar-refractivity contribution in [3.63, 3.8) is 0 Å². The quantitative estimate of drug-likeness (QED) is 0.631. The molecule has 0 spiro atoms. The first kappa shape index (κ1) is 12.1. The molecule has 2 rings (SSSR count). The van der Waals surface area contributed by atoms with Gasteiger partial charge in [0.2, 0.25) is 0 Å². The summed E-state index contributed by atoms with van der Waals surface area (Å²) in [6.45, 7) is 2.61. The monoisotopic (exact) mass is 248 g/mol. The molecule has 0 saturated heterocycles. The van der Waals surface area contributed by atoms with Gasteiger partial charge in [-0.15, -0.1) is 11.3 Å². The number of para-hydroxylation sites is 1. The minimum atomic E-state index is 0.0279. The van der Waals surface area contributed by atoms with E-state index in [1.165, 1.54) is 10.4 Å². The van der Waals surface area contributed by atoms with E-state index < -0.39 is 0 Å². The van der Waals surface area contributed by atoms with Gasteiger partial charge in [0.15, 0.2) is 0 Å². The van der Waals surface area contributed by atoms with Crippen molar-refractivity contribution in [2.24, 2.45) is 5.84 Å². The highest BCUT2D eigenvalue weighted by Crippen LogP contribution is 2.21. The van der Waals surface area contributed by atoms with Crippen LogP contribution in [0, 0.1) is 6.92 Å². The van der Waals surface area contributed by atoms with Gasteiger partial charge in [0.05, 0.1) is 6.04 Å². The van der Waals surface area contributed by atoms with E-state index in [2.05, 4.69) is 23.8 Å². The lowest BCUT2D eigenvalue weighted by atomic mass is 10.1. The Morgan fingerprint density at radius 3 is 2.71 bits per heavy atom. The zero-order chi connectivity index (χ0) is 12.1. The highest BCUT2D eigenvalue weighted by molar-refractivity contribution is 7.10. The molecule has 1 atom stereocenters. The largest absolute Gasteiger partial charge is 0.492 e. The standard InChI is InChI=1S/C13H16N2OS/c1-10-7-11(9-17-10)13(15-14)8-16-12-5-3-2-4-6-12/h2-7,9,13,15H,8,14H2,1H3. The molecule has 1 unspecified atom stereocenters. The van der Waals surface area contributed by atoms with E-state index in [0.717, 1.165) is 5.75 Å². The summed E-state index contributed by atoms with van der Waals surface area (Å²) in [4.78, 5) is 1.28. The molecule has 0 bridgehead atoms. The second kappa shape index (κ2) is 5.82. The number of benzene rings is 1. The molecule has 0 aliphatic rings. The fraction of sp³-hybridized carbons (Fsp3) is 0.231. The van der Waals surface area contributed by atoms with Crippen molar-refractivity contribution in [1.29, 1.82) is 0 Å². The Morgan fingerprint density at radius 2 is 2.12 bits per heavy atom. The first-order valence-corrected chi connectivity index (χ1v) is 6.36. The number of hydrogen-bond donors (Lipinski definition) is 2. The van der Waals surface area contributed by atoms with Gasteiger partial charge in [-0.2, -0.15) is 0 Å². The van der Waals surface area contributed by atoms with Crippen molar-refractivity contribution in [2.75, 3.05) is 6.61 Å². The topological polar surface area (TPSA) is 47.3 Å². The normalized spacial score (nSPS) is 12.4. The Balaban J connectivity index is 1.97. The van der Waals surface area contributed by atoms with Crippen LogP contribution in [0.5, 0.6) is 5.75 Å². The number of ether oxygens (including phenoxy) is 1. The lowest BCUT2D eigenvalue weighted by Gasteiger charge is -2.15. The Hall–Kier alpha value is -1.36. The Kier molecular flexibility index (Phi) is 4.14. The summed E-state index contributed by atoms with van der Waals surface area (Å²) in [7, 11) is 0. The maximum Gasteiger partial charge on any atom is 0.119 e. The number of thiophene rings is 1. The van der Waals surface area contributed by atoms with Crippen LogP contribution in [0.3, 0.4) is 0 Å². The molecule has 4 heteroatoms. The molecule has 0 fully saturated rings. The van der Waals surface area contributed by atoms with Crippen LogP contribution in [0.25, 0.3) is 0 Å². The molecule has 0 amide bonds. The number of nitrogens with one attached hydrogen (secondary N) is 1. The lowest BCUT2D eigenvalue weighted by molar-refractivity contribution is 0.268. The van der Waals surface area contributed by atoms with Crippen molar-refractivity contribution >= 4 is 11.3 Å². The molecule has 90 valence electrons. The second-order valence-electron chi connectivity index (χ2n) is 3.83. The number of nitrogens with two attached hydrogens (primary N) is 1. The fourth-order valence-corrected chi connectivity index (χ4v) is 2.34. The molecule has 0 radical (unpaired) electrons. The highest BCUT2D eigenvalue weighted by Gasteiger charge is 2.11. The van der Waals surface area contributed by atoms with Crippen LogP contribution in [0.4, 0.5) is 0 Å². The zero-order valence-corrected chi connectivity index (χ0v) is 10.5. The van der Waals surface area contributed by atoms with Crippen LogP contribution < -0.4 is 16.0 Å². The Morgan fingerprint density at radius 1 is 1.35 bits per heavy atom. The van der Waals surface area contributed by atoms with E-state index >= 15 is 0 Å². The Labute approximate surface area is 105 Å². The third-order valence-electron chi connectivity index (χ3n) is 2.51. The molecule has 1 aromatic carbocycles. The average molecular weight is 248 g/mol. The summed E-state index contributed by atoms with van der Waals surface area (Å²) < 4.78 is 5.68. The predicted octanol–water partition coefficient (Wildman–Crippen LogP) is 2.64. The van der Waals surface area contributed by atoms with E-state index in [1.54, 1.807) is 11.3 Å². The van der Waals surface area contributed by atoms with Gasteiger partial charge in [0.25, 0.3) is 0 Å². The van der Waals surface area contributed by atoms with E-state index in [-0.39, 0.29) is 6.04 Å². The summed E-state index contributed by atoms with van der Waals surface area (Å²) in [6.07, 6.45) is 0. The van der Waals surface area contributed by atoms with Gasteiger partial charge in [0.1, 0.15) is 12.4 Å². The predicted molar refractivity (Wildman–Crippen MR) is 71.1 cm³/mol. The molecular formula is C13H16N2OS. The molecule has 1 aromatic heterocycles. The van der Waals surface area contributed by atoms with Crippen molar-refractivity contribution < 1.29 is 4.74 Å². The lowest BCUT2D eigenvalue weighted by Crippen LogP contribution is -2.32. The summed E-state index contributed by atoms with van der Waals surface area (Å²) >= 11 is 1.72. The summed E-state index contributed by atoms with van der Waals surface area (Å²) in [5.74, 6) is 6.41. The maximum atomic E-state index is 5.68. The van der Waals surface area contributed by atoms with Crippen LogP contribution in [0.15, 0.2) is 41.8 Å². The molecule has 3 N–H and O–H groups in total. The summed E-state index contributed by atoms with van der Waals surface area (Å²) in [6, 6.07) is 11.9. The first-order valence-electron chi connectivity index (χ1n) is 5.48. The number of rotatable bonds is 5. The van der Waals surface area contributed by atoms with Crippen molar-refractivity contribution in [3.8, 4) is 5.75 Å². The van der Waals surface area contributed by atoms with Gasteiger partial charge < -0.3 is 4.74 Å². The van der Waals surface area contributed by atoms with Crippen LogP contribution in [0.1, 0.15) is 16.5 Å². The molecule has 0 aliphatic carbocycles. The van der Waals surface area contributed by atoms with Crippen LogP contribution >= 0.6 is 11.3 Å². The molecule has 3 nitrogen and oxygen atoms in total. The molecular weight excluding hydrogens is 232 g/mol. The van der Waals surface area contributed by atoms with E-state index in [1.807, 2.05) is 30.3 Å². The van der Waals surface area contributed by atoms with E-state index in [0.29, 0.717) is 6.61 Å². The fourth-order valence-electron chi connectivity index (χ4n) is 1.58. The smallest absolute Gasteiger partial charge is 0.119 e. The third-order valence-corrected chi connectivity index (χ3v) is 3.39. The number of hydrogen-bond acceptors (Lipinski definition) is 4. The molecule has 0 saturated carbocycles. The molecule has 2 aromatic rings. The van der Waals surface area contributed by atoms with Crippen molar-refractivity contribution in [1.82, 2.24) is 5.43 Å². The average Bonchev–Trinajstić information content (AvgIpc) is 2.78. The minimum absolute atomic E-state index is 0.0279.